The number of nitrogens with one attached hydrogen (secondary N) is 1. The predicted molar refractivity (Wildman–Crippen MR) is 135 cm³/mol. The highest BCUT2D eigenvalue weighted by Crippen LogP contribution is 2.48. The SMILES string of the molecule is Cc1ccc(NC2CCN(CCC(O[SiH](C)C)(C3CCCCC3)C(C)(C)C)CC2)nc1. The van der Waals surface area contributed by atoms with Crippen molar-refractivity contribution in [3.8, 4) is 0 Å². The highest BCUT2D eigenvalue weighted by atomic mass is 28.3. The number of likely N-dealkylation sites (tertiary alicyclic amines) is 1. The molecule has 1 aliphatic carbocycles. The van der Waals surface area contributed by atoms with Gasteiger partial charge in [-0.05, 0) is 75.1 Å². The Morgan fingerprint density at radius 3 is 2.29 bits per heavy atom. The van der Waals surface area contributed by atoms with Crippen molar-refractivity contribution in [2.24, 2.45) is 11.3 Å². The van der Waals surface area contributed by atoms with Crippen LogP contribution in [0.3, 0.4) is 0 Å². The number of piperidine rings is 1. The quantitative estimate of drug-likeness (QED) is 0.496. The monoisotopic (exact) mass is 445 g/mol. The molecule has 2 aliphatic rings. The second-order valence-electron chi connectivity index (χ2n) is 11.4. The maximum absolute atomic E-state index is 7.03. The average Bonchev–Trinajstić information content (AvgIpc) is 2.73. The molecule has 0 radical (unpaired) electrons. The lowest BCUT2D eigenvalue weighted by Gasteiger charge is -2.53. The molecule has 1 N–H and O–H groups in total. The molecule has 1 aliphatic heterocycles. The van der Waals surface area contributed by atoms with E-state index < -0.39 is 9.04 Å². The van der Waals surface area contributed by atoms with Gasteiger partial charge in [0, 0.05) is 31.9 Å². The minimum absolute atomic E-state index is 0.0364. The zero-order valence-electron chi connectivity index (χ0n) is 21.0. The van der Waals surface area contributed by atoms with Crippen LogP contribution in [0, 0.1) is 18.3 Å². The Morgan fingerprint density at radius 2 is 1.74 bits per heavy atom. The standard InChI is InChI=1S/C26H47N3OSi/c1-21-12-13-24(27-20-21)28-23-14-17-29(18-15-23)19-16-26(25(2,3)4,30-31(5)6)22-10-8-7-9-11-22/h12-13,20,22-23,31H,7-11,14-19H2,1-6H3,(H,27,28). The molecular formula is C26H47N3OSi. The Kier molecular flexibility index (Phi) is 8.62. The third-order valence-electron chi connectivity index (χ3n) is 7.63. The molecule has 2 heterocycles. The van der Waals surface area contributed by atoms with Crippen molar-refractivity contribution < 1.29 is 4.43 Å². The second-order valence-corrected chi connectivity index (χ2v) is 13.7. The molecule has 2 fully saturated rings. The highest BCUT2D eigenvalue weighted by molar-refractivity contribution is 6.48. The molecule has 4 nitrogen and oxygen atoms in total. The average molecular weight is 446 g/mol. The van der Waals surface area contributed by atoms with Gasteiger partial charge in [0.2, 0.25) is 0 Å². The van der Waals surface area contributed by atoms with Gasteiger partial charge in [-0.25, -0.2) is 4.98 Å². The van der Waals surface area contributed by atoms with Crippen molar-refractivity contribution in [1.82, 2.24) is 9.88 Å². The first-order valence-electron chi connectivity index (χ1n) is 12.8. The summed E-state index contributed by atoms with van der Waals surface area (Å²) >= 11 is 0. The second kappa shape index (κ2) is 10.8. The van der Waals surface area contributed by atoms with Gasteiger partial charge in [-0.3, -0.25) is 0 Å². The minimum Gasteiger partial charge on any atom is -0.414 e. The third-order valence-corrected chi connectivity index (χ3v) is 8.52. The summed E-state index contributed by atoms with van der Waals surface area (Å²) in [5, 5.41) is 3.65. The number of hydrogen-bond donors (Lipinski definition) is 1. The molecule has 1 saturated heterocycles. The van der Waals surface area contributed by atoms with E-state index in [2.05, 4.69) is 68.1 Å². The Labute approximate surface area is 193 Å². The first-order valence-corrected chi connectivity index (χ1v) is 15.6. The third kappa shape index (κ3) is 6.55. The van der Waals surface area contributed by atoms with Crippen LogP contribution in [0.5, 0.6) is 0 Å². The van der Waals surface area contributed by atoms with Crippen LogP contribution in [0.4, 0.5) is 5.82 Å². The van der Waals surface area contributed by atoms with Gasteiger partial charge in [0.1, 0.15) is 5.82 Å². The Hall–Kier alpha value is -0.913. The molecule has 3 rings (SSSR count). The predicted octanol–water partition coefficient (Wildman–Crippen LogP) is 6.02. The van der Waals surface area contributed by atoms with Crippen LogP contribution >= 0.6 is 0 Å². The van der Waals surface area contributed by atoms with Gasteiger partial charge in [0.25, 0.3) is 0 Å². The van der Waals surface area contributed by atoms with Crippen LogP contribution < -0.4 is 5.32 Å². The zero-order chi connectivity index (χ0) is 22.5. The molecule has 1 unspecified atom stereocenters. The molecule has 1 aromatic rings. The van der Waals surface area contributed by atoms with Crippen molar-refractivity contribution in [3.05, 3.63) is 23.9 Å². The lowest BCUT2D eigenvalue weighted by atomic mass is 9.63. The number of nitrogens with zero attached hydrogens (tertiary/aromatic N) is 2. The van der Waals surface area contributed by atoms with Gasteiger partial charge < -0.3 is 14.6 Å². The van der Waals surface area contributed by atoms with E-state index in [0.29, 0.717) is 6.04 Å². The van der Waals surface area contributed by atoms with Crippen molar-refractivity contribution in [2.45, 2.75) is 104 Å². The van der Waals surface area contributed by atoms with Crippen LogP contribution in [0.15, 0.2) is 18.3 Å². The normalized spacial score (nSPS) is 21.9. The van der Waals surface area contributed by atoms with Crippen molar-refractivity contribution in [2.75, 3.05) is 25.0 Å². The van der Waals surface area contributed by atoms with Crippen LogP contribution in [0.25, 0.3) is 0 Å². The topological polar surface area (TPSA) is 37.4 Å². The maximum Gasteiger partial charge on any atom is 0.171 e. The molecule has 1 atom stereocenters. The fourth-order valence-electron chi connectivity index (χ4n) is 5.90. The maximum atomic E-state index is 7.03. The van der Waals surface area contributed by atoms with E-state index in [1.54, 1.807) is 0 Å². The van der Waals surface area contributed by atoms with Crippen molar-refractivity contribution >= 4 is 14.9 Å². The van der Waals surface area contributed by atoms with Gasteiger partial charge in [-0.1, -0.05) is 46.1 Å². The van der Waals surface area contributed by atoms with Crippen LogP contribution in [-0.4, -0.2) is 50.2 Å². The summed E-state index contributed by atoms with van der Waals surface area (Å²) < 4.78 is 7.03. The van der Waals surface area contributed by atoms with E-state index in [-0.39, 0.29) is 11.0 Å². The number of anilines is 1. The smallest absolute Gasteiger partial charge is 0.171 e. The largest absolute Gasteiger partial charge is 0.414 e. The summed E-state index contributed by atoms with van der Waals surface area (Å²) in [6.07, 6.45) is 12.4. The Morgan fingerprint density at radius 1 is 1.06 bits per heavy atom. The lowest BCUT2D eigenvalue weighted by Crippen LogP contribution is -2.56. The minimum atomic E-state index is -1.13. The molecule has 1 aromatic heterocycles. The van der Waals surface area contributed by atoms with E-state index in [1.165, 1.54) is 76.6 Å². The summed E-state index contributed by atoms with van der Waals surface area (Å²) in [6.45, 7) is 17.6. The van der Waals surface area contributed by atoms with E-state index in [0.717, 1.165) is 11.7 Å². The number of aromatic nitrogens is 1. The summed E-state index contributed by atoms with van der Waals surface area (Å²) in [7, 11) is -1.13. The van der Waals surface area contributed by atoms with Crippen LogP contribution in [-0.2, 0) is 4.43 Å². The number of rotatable bonds is 8. The van der Waals surface area contributed by atoms with Crippen LogP contribution in [0.1, 0.15) is 77.7 Å². The summed E-state index contributed by atoms with van der Waals surface area (Å²) in [5.41, 5.74) is 1.44. The molecule has 0 bridgehead atoms. The Balaban J connectivity index is 1.59. The number of pyridine rings is 1. The van der Waals surface area contributed by atoms with E-state index in [9.17, 15) is 0 Å². The first-order chi connectivity index (χ1) is 14.7. The van der Waals surface area contributed by atoms with Crippen molar-refractivity contribution in [1.29, 1.82) is 0 Å². The summed E-state index contributed by atoms with van der Waals surface area (Å²) in [5.74, 6) is 1.74. The van der Waals surface area contributed by atoms with Gasteiger partial charge >= 0.3 is 0 Å². The molecule has 31 heavy (non-hydrogen) atoms. The first kappa shape index (κ1) is 24.7. The van der Waals surface area contributed by atoms with Gasteiger partial charge in [0.05, 0.1) is 5.60 Å². The number of hydrogen-bond acceptors (Lipinski definition) is 4. The van der Waals surface area contributed by atoms with Gasteiger partial charge in [-0.15, -0.1) is 0 Å². The molecule has 1 saturated carbocycles. The fraction of sp³-hybridized carbons (Fsp3) is 0.808. The molecule has 0 spiro atoms. The molecule has 0 aromatic carbocycles. The lowest BCUT2D eigenvalue weighted by molar-refractivity contribution is -0.105. The molecular weight excluding hydrogens is 398 g/mol. The van der Waals surface area contributed by atoms with E-state index >= 15 is 0 Å². The molecule has 0 amide bonds. The molecule has 176 valence electrons. The summed E-state index contributed by atoms with van der Waals surface area (Å²) in [6, 6.07) is 4.79. The van der Waals surface area contributed by atoms with Gasteiger partial charge in [0.15, 0.2) is 9.04 Å². The fourth-order valence-corrected chi connectivity index (χ4v) is 7.41. The van der Waals surface area contributed by atoms with Crippen LogP contribution in [0.2, 0.25) is 13.1 Å². The van der Waals surface area contributed by atoms with Crippen molar-refractivity contribution in [3.63, 3.8) is 0 Å². The zero-order valence-corrected chi connectivity index (χ0v) is 22.2. The summed E-state index contributed by atoms with van der Waals surface area (Å²) in [4.78, 5) is 7.22. The van der Waals surface area contributed by atoms with Gasteiger partial charge in [-0.2, -0.15) is 0 Å². The number of aryl methyl sites for hydroxylation is 1. The van der Waals surface area contributed by atoms with E-state index in [1.807, 2.05) is 6.20 Å². The highest BCUT2D eigenvalue weighted by Gasteiger charge is 2.49. The Bertz CT molecular complexity index is 658. The van der Waals surface area contributed by atoms with E-state index in [4.69, 9.17) is 4.43 Å². The molecule has 5 heteroatoms.